The topological polar surface area (TPSA) is 63.1 Å². The largest absolute Gasteiger partial charge is 0.358 e. The van der Waals surface area contributed by atoms with Crippen LogP contribution in [0.3, 0.4) is 0 Å². The molecule has 21 heavy (non-hydrogen) atoms. The number of hydrogen-bond acceptors (Lipinski definition) is 4. The molecule has 0 radical (unpaired) electrons. The number of anilines is 2. The van der Waals surface area contributed by atoms with Crippen LogP contribution in [0.15, 0.2) is 24.3 Å². The minimum atomic E-state index is -0.227. The second-order valence-electron chi connectivity index (χ2n) is 5.41. The van der Waals surface area contributed by atoms with E-state index in [4.69, 9.17) is 0 Å². The molecule has 1 atom stereocenters. The van der Waals surface area contributed by atoms with E-state index in [1.165, 1.54) is 0 Å². The SMILES string of the molecule is Cc1cccc(NC2CCN(c3cc(C)nn3C)C2=O)n1. The van der Waals surface area contributed by atoms with Gasteiger partial charge in [0, 0.05) is 25.4 Å². The van der Waals surface area contributed by atoms with Gasteiger partial charge in [0.15, 0.2) is 0 Å². The van der Waals surface area contributed by atoms with E-state index in [0.717, 1.165) is 29.4 Å². The lowest BCUT2D eigenvalue weighted by molar-refractivity contribution is -0.117. The third-order valence-electron chi connectivity index (χ3n) is 3.67. The van der Waals surface area contributed by atoms with E-state index < -0.39 is 0 Å². The van der Waals surface area contributed by atoms with Crippen molar-refractivity contribution in [3.05, 3.63) is 35.7 Å². The Balaban J connectivity index is 1.76. The first kappa shape index (κ1) is 13.6. The maximum atomic E-state index is 12.6. The van der Waals surface area contributed by atoms with E-state index in [2.05, 4.69) is 15.4 Å². The average Bonchev–Trinajstić information content (AvgIpc) is 2.93. The van der Waals surface area contributed by atoms with Crippen LogP contribution in [-0.2, 0) is 11.8 Å². The number of rotatable bonds is 3. The zero-order valence-corrected chi connectivity index (χ0v) is 12.5. The molecule has 0 aliphatic carbocycles. The highest BCUT2D eigenvalue weighted by Crippen LogP contribution is 2.23. The molecule has 0 bridgehead atoms. The Labute approximate surface area is 123 Å². The number of carbonyl (C=O) groups is 1. The fraction of sp³-hybridized carbons (Fsp3) is 0.400. The molecule has 1 aliphatic rings. The highest BCUT2D eigenvalue weighted by Gasteiger charge is 2.34. The van der Waals surface area contributed by atoms with Gasteiger partial charge in [0.2, 0.25) is 0 Å². The molecular formula is C15H19N5O. The van der Waals surface area contributed by atoms with Gasteiger partial charge in [-0.1, -0.05) is 6.07 Å². The molecule has 1 amide bonds. The molecule has 0 spiro atoms. The molecule has 1 aliphatic heterocycles. The molecule has 6 nitrogen and oxygen atoms in total. The van der Waals surface area contributed by atoms with Crippen LogP contribution in [-0.4, -0.2) is 33.3 Å². The Hall–Kier alpha value is -2.37. The third-order valence-corrected chi connectivity index (χ3v) is 3.67. The van der Waals surface area contributed by atoms with Crippen molar-refractivity contribution in [2.75, 3.05) is 16.8 Å². The summed E-state index contributed by atoms with van der Waals surface area (Å²) < 4.78 is 1.75. The van der Waals surface area contributed by atoms with Crippen molar-refractivity contribution < 1.29 is 4.79 Å². The minimum absolute atomic E-state index is 0.0707. The Morgan fingerprint density at radius 2 is 2.10 bits per heavy atom. The van der Waals surface area contributed by atoms with E-state index in [-0.39, 0.29) is 11.9 Å². The van der Waals surface area contributed by atoms with Crippen LogP contribution in [0.1, 0.15) is 17.8 Å². The molecule has 2 aromatic rings. The van der Waals surface area contributed by atoms with Crippen molar-refractivity contribution in [1.29, 1.82) is 0 Å². The number of aryl methyl sites for hydroxylation is 3. The van der Waals surface area contributed by atoms with Crippen LogP contribution >= 0.6 is 0 Å². The van der Waals surface area contributed by atoms with Gasteiger partial charge in [-0.25, -0.2) is 4.98 Å². The van der Waals surface area contributed by atoms with Crippen LogP contribution in [0.4, 0.5) is 11.6 Å². The fourth-order valence-electron chi connectivity index (χ4n) is 2.69. The summed E-state index contributed by atoms with van der Waals surface area (Å²) in [5.74, 6) is 1.66. The van der Waals surface area contributed by atoms with Crippen molar-refractivity contribution in [2.45, 2.75) is 26.3 Å². The number of nitrogens with zero attached hydrogens (tertiary/aromatic N) is 4. The van der Waals surface area contributed by atoms with Crippen molar-refractivity contribution in [3.8, 4) is 0 Å². The molecular weight excluding hydrogens is 266 g/mol. The predicted molar refractivity (Wildman–Crippen MR) is 81.3 cm³/mol. The summed E-state index contributed by atoms with van der Waals surface area (Å²) in [6.07, 6.45) is 0.763. The first-order chi connectivity index (χ1) is 10.0. The maximum absolute atomic E-state index is 12.6. The monoisotopic (exact) mass is 285 g/mol. The van der Waals surface area contributed by atoms with E-state index in [0.29, 0.717) is 6.54 Å². The molecule has 110 valence electrons. The molecule has 3 rings (SSSR count). The highest BCUT2D eigenvalue weighted by atomic mass is 16.2. The summed E-state index contributed by atoms with van der Waals surface area (Å²) in [5, 5.41) is 7.53. The first-order valence-corrected chi connectivity index (χ1v) is 7.07. The second-order valence-corrected chi connectivity index (χ2v) is 5.41. The van der Waals surface area contributed by atoms with Gasteiger partial charge >= 0.3 is 0 Å². The zero-order chi connectivity index (χ0) is 15.0. The molecule has 1 unspecified atom stereocenters. The number of amides is 1. The van der Waals surface area contributed by atoms with Crippen LogP contribution in [0.5, 0.6) is 0 Å². The molecule has 1 saturated heterocycles. The zero-order valence-electron chi connectivity index (χ0n) is 12.5. The summed E-state index contributed by atoms with van der Waals surface area (Å²) in [7, 11) is 1.86. The predicted octanol–water partition coefficient (Wildman–Crippen LogP) is 1.65. The van der Waals surface area contributed by atoms with Gasteiger partial charge in [-0.05, 0) is 32.4 Å². The summed E-state index contributed by atoms with van der Waals surface area (Å²) >= 11 is 0. The summed E-state index contributed by atoms with van der Waals surface area (Å²) in [6.45, 7) is 4.56. The molecule has 1 N–H and O–H groups in total. The van der Waals surface area contributed by atoms with Crippen LogP contribution in [0, 0.1) is 13.8 Å². The third kappa shape index (κ3) is 2.61. The Morgan fingerprint density at radius 1 is 1.29 bits per heavy atom. The summed E-state index contributed by atoms with van der Waals surface area (Å²) in [4.78, 5) is 18.7. The Bertz CT molecular complexity index is 678. The lowest BCUT2D eigenvalue weighted by Crippen LogP contribution is -2.34. The molecule has 1 fully saturated rings. The van der Waals surface area contributed by atoms with E-state index in [1.807, 2.05) is 45.2 Å². The number of carbonyl (C=O) groups excluding carboxylic acids is 1. The molecule has 6 heteroatoms. The van der Waals surface area contributed by atoms with Gasteiger partial charge < -0.3 is 5.32 Å². The normalized spacial score (nSPS) is 18.3. The van der Waals surface area contributed by atoms with Crippen LogP contribution in [0.25, 0.3) is 0 Å². The second kappa shape index (κ2) is 5.20. The molecule has 3 heterocycles. The lowest BCUT2D eigenvalue weighted by Gasteiger charge is -2.17. The molecule has 2 aromatic heterocycles. The summed E-state index contributed by atoms with van der Waals surface area (Å²) in [5.41, 5.74) is 1.85. The van der Waals surface area contributed by atoms with Crippen molar-refractivity contribution in [3.63, 3.8) is 0 Å². The Morgan fingerprint density at radius 3 is 2.76 bits per heavy atom. The van der Waals surface area contributed by atoms with Gasteiger partial charge in [-0.15, -0.1) is 0 Å². The van der Waals surface area contributed by atoms with Gasteiger partial charge in [-0.2, -0.15) is 5.10 Å². The van der Waals surface area contributed by atoms with Crippen LogP contribution < -0.4 is 10.2 Å². The fourth-order valence-corrected chi connectivity index (χ4v) is 2.69. The number of pyridine rings is 1. The van der Waals surface area contributed by atoms with Crippen molar-refractivity contribution >= 4 is 17.5 Å². The standard InChI is InChI=1S/C15H19N5O/c1-10-5-4-6-13(16-10)17-12-7-8-20(15(12)21)14-9-11(2)18-19(14)3/h4-6,9,12H,7-8H2,1-3H3,(H,16,17). The quantitative estimate of drug-likeness (QED) is 0.931. The maximum Gasteiger partial charge on any atom is 0.250 e. The van der Waals surface area contributed by atoms with Crippen LogP contribution in [0.2, 0.25) is 0 Å². The molecule has 0 saturated carbocycles. The van der Waals surface area contributed by atoms with E-state index >= 15 is 0 Å². The average molecular weight is 285 g/mol. The number of aromatic nitrogens is 3. The highest BCUT2D eigenvalue weighted by molar-refractivity contribution is 6.00. The molecule has 0 aromatic carbocycles. The van der Waals surface area contributed by atoms with Crippen molar-refractivity contribution in [2.24, 2.45) is 7.05 Å². The van der Waals surface area contributed by atoms with Gasteiger partial charge in [0.05, 0.1) is 5.69 Å². The van der Waals surface area contributed by atoms with E-state index in [9.17, 15) is 4.79 Å². The Kier molecular flexibility index (Phi) is 3.37. The first-order valence-electron chi connectivity index (χ1n) is 7.07. The number of nitrogens with one attached hydrogen (secondary N) is 1. The summed E-state index contributed by atoms with van der Waals surface area (Å²) in [6, 6.07) is 7.47. The van der Waals surface area contributed by atoms with Crippen molar-refractivity contribution in [1.82, 2.24) is 14.8 Å². The van der Waals surface area contributed by atoms with Gasteiger partial charge in [0.25, 0.3) is 5.91 Å². The minimum Gasteiger partial charge on any atom is -0.358 e. The van der Waals surface area contributed by atoms with Gasteiger partial charge in [0.1, 0.15) is 17.7 Å². The van der Waals surface area contributed by atoms with Gasteiger partial charge in [-0.3, -0.25) is 14.4 Å². The smallest absolute Gasteiger partial charge is 0.250 e. The lowest BCUT2D eigenvalue weighted by atomic mass is 10.2. The number of hydrogen-bond donors (Lipinski definition) is 1. The van der Waals surface area contributed by atoms with E-state index in [1.54, 1.807) is 9.58 Å².